The second-order valence-electron chi connectivity index (χ2n) is 4.85. The number of carbonyl (C=O) groups is 2. The zero-order chi connectivity index (χ0) is 14.8. The summed E-state index contributed by atoms with van der Waals surface area (Å²) in [4.78, 5) is 24.1. The van der Waals surface area contributed by atoms with Gasteiger partial charge in [0, 0.05) is 14.7 Å². The van der Waals surface area contributed by atoms with Gasteiger partial charge in [-0.05, 0) is 28.9 Å². The second kappa shape index (κ2) is 6.11. The molecule has 0 aliphatic carbocycles. The Morgan fingerprint density at radius 2 is 2.40 bits per heavy atom. The molecule has 0 spiro atoms. The number of hydrogen-bond acceptors (Lipinski definition) is 4. The third kappa shape index (κ3) is 3.31. The van der Waals surface area contributed by atoms with Crippen molar-refractivity contribution in [2.24, 2.45) is 5.41 Å². The van der Waals surface area contributed by atoms with Crippen LogP contribution in [0.25, 0.3) is 0 Å². The fourth-order valence-electron chi connectivity index (χ4n) is 1.91. The van der Waals surface area contributed by atoms with Crippen molar-refractivity contribution in [1.29, 1.82) is 0 Å². The highest BCUT2D eigenvalue weighted by Crippen LogP contribution is 2.28. The van der Waals surface area contributed by atoms with Gasteiger partial charge in [0.2, 0.25) is 0 Å². The summed E-state index contributed by atoms with van der Waals surface area (Å²) in [6, 6.07) is 0.998. The minimum Gasteiger partial charge on any atom is -0.481 e. The lowest BCUT2D eigenvalue weighted by Gasteiger charge is -2.25. The molecule has 2 rings (SSSR count). The molecule has 2 unspecified atom stereocenters. The van der Waals surface area contributed by atoms with Crippen molar-refractivity contribution in [2.75, 3.05) is 13.2 Å². The second-order valence-corrected chi connectivity index (χ2v) is 6.76. The SMILES string of the molecule is CC1(C(=O)O)COCC1NC(=O)NCc1cc(Br)cs1. The first kappa shape index (κ1) is 15.3. The summed E-state index contributed by atoms with van der Waals surface area (Å²) in [6.45, 7) is 2.29. The van der Waals surface area contributed by atoms with E-state index in [2.05, 4.69) is 26.6 Å². The molecule has 1 fully saturated rings. The number of thiophene rings is 1. The highest BCUT2D eigenvalue weighted by Gasteiger charge is 2.47. The maximum absolute atomic E-state index is 11.8. The standard InChI is InChI=1S/C12H15BrN2O4S/c1-12(10(16)17)6-19-4-9(12)15-11(18)14-3-8-2-7(13)5-20-8/h2,5,9H,3-4,6H2,1H3,(H,16,17)(H2,14,15,18). The van der Waals surface area contributed by atoms with Crippen molar-refractivity contribution < 1.29 is 19.4 Å². The molecule has 2 amide bonds. The number of nitrogens with one attached hydrogen (secondary N) is 2. The number of hydrogen-bond donors (Lipinski definition) is 3. The quantitative estimate of drug-likeness (QED) is 0.761. The zero-order valence-corrected chi connectivity index (χ0v) is 13.2. The molecule has 1 aliphatic heterocycles. The third-order valence-corrected chi connectivity index (χ3v) is 4.99. The van der Waals surface area contributed by atoms with Crippen molar-refractivity contribution in [2.45, 2.75) is 19.5 Å². The van der Waals surface area contributed by atoms with Crippen molar-refractivity contribution in [3.8, 4) is 0 Å². The van der Waals surface area contributed by atoms with E-state index in [0.29, 0.717) is 6.54 Å². The highest BCUT2D eigenvalue weighted by molar-refractivity contribution is 9.10. The van der Waals surface area contributed by atoms with Crippen molar-refractivity contribution in [3.63, 3.8) is 0 Å². The van der Waals surface area contributed by atoms with Gasteiger partial charge in [-0.3, -0.25) is 4.79 Å². The van der Waals surface area contributed by atoms with Gasteiger partial charge in [-0.15, -0.1) is 11.3 Å². The summed E-state index contributed by atoms with van der Waals surface area (Å²) < 4.78 is 6.15. The average Bonchev–Trinajstić information content (AvgIpc) is 2.95. The Kier molecular flexibility index (Phi) is 4.66. The molecule has 8 heteroatoms. The minimum absolute atomic E-state index is 0.102. The van der Waals surface area contributed by atoms with Crippen LogP contribution in [-0.4, -0.2) is 36.4 Å². The van der Waals surface area contributed by atoms with Gasteiger partial charge < -0.3 is 20.5 Å². The number of carboxylic acids is 1. The summed E-state index contributed by atoms with van der Waals surface area (Å²) in [5.74, 6) is -0.970. The molecule has 110 valence electrons. The number of ether oxygens (including phenoxy) is 1. The van der Waals surface area contributed by atoms with E-state index in [4.69, 9.17) is 4.74 Å². The van der Waals surface area contributed by atoms with E-state index in [1.807, 2.05) is 11.4 Å². The third-order valence-electron chi connectivity index (χ3n) is 3.29. The lowest BCUT2D eigenvalue weighted by molar-refractivity contribution is -0.148. The average molecular weight is 363 g/mol. The Hall–Kier alpha value is -1.12. The van der Waals surface area contributed by atoms with Crippen LogP contribution in [0.2, 0.25) is 0 Å². The van der Waals surface area contributed by atoms with Crippen molar-refractivity contribution in [1.82, 2.24) is 10.6 Å². The van der Waals surface area contributed by atoms with E-state index in [1.54, 1.807) is 6.92 Å². The Balaban J connectivity index is 1.86. The summed E-state index contributed by atoms with van der Waals surface area (Å²) in [5, 5.41) is 16.5. The minimum atomic E-state index is -1.08. The van der Waals surface area contributed by atoms with Crippen LogP contribution >= 0.6 is 27.3 Å². The highest BCUT2D eigenvalue weighted by atomic mass is 79.9. The predicted octanol–water partition coefficient (Wildman–Crippen LogP) is 1.80. The van der Waals surface area contributed by atoms with Gasteiger partial charge in [-0.2, -0.15) is 0 Å². The molecule has 2 atom stereocenters. The summed E-state index contributed by atoms with van der Waals surface area (Å²) in [6.07, 6.45) is 0. The van der Waals surface area contributed by atoms with Crippen LogP contribution in [0.5, 0.6) is 0 Å². The molecule has 3 N–H and O–H groups in total. The molecule has 20 heavy (non-hydrogen) atoms. The predicted molar refractivity (Wildman–Crippen MR) is 77.7 cm³/mol. The number of halogens is 1. The van der Waals surface area contributed by atoms with Crippen LogP contribution in [0, 0.1) is 5.41 Å². The molecule has 1 aromatic heterocycles. The fraction of sp³-hybridized carbons (Fsp3) is 0.500. The first-order valence-corrected chi connectivity index (χ1v) is 7.67. The Morgan fingerprint density at radius 1 is 1.65 bits per heavy atom. The maximum atomic E-state index is 11.8. The molecular weight excluding hydrogens is 348 g/mol. The van der Waals surface area contributed by atoms with Crippen molar-refractivity contribution >= 4 is 39.3 Å². The number of urea groups is 1. The fourth-order valence-corrected chi connectivity index (χ4v) is 3.30. The van der Waals surface area contributed by atoms with Crippen molar-refractivity contribution in [3.05, 3.63) is 20.8 Å². The van der Waals surface area contributed by atoms with E-state index in [1.165, 1.54) is 11.3 Å². The van der Waals surface area contributed by atoms with E-state index < -0.39 is 23.5 Å². The first-order valence-electron chi connectivity index (χ1n) is 6.00. The van der Waals surface area contributed by atoms with Gasteiger partial charge in [0.1, 0.15) is 5.41 Å². The molecule has 1 aliphatic rings. The van der Waals surface area contributed by atoms with Crippen LogP contribution in [0.4, 0.5) is 4.79 Å². The van der Waals surface area contributed by atoms with Gasteiger partial charge in [0.05, 0.1) is 25.8 Å². The smallest absolute Gasteiger partial charge is 0.315 e. The molecule has 0 aromatic carbocycles. The number of carbonyl (C=O) groups excluding carboxylic acids is 1. The van der Waals surface area contributed by atoms with Gasteiger partial charge in [0.15, 0.2) is 0 Å². The summed E-state index contributed by atoms with van der Waals surface area (Å²) in [5.41, 5.74) is -1.08. The van der Waals surface area contributed by atoms with Crippen LogP contribution in [-0.2, 0) is 16.1 Å². The van der Waals surface area contributed by atoms with Crippen LogP contribution in [0.3, 0.4) is 0 Å². The molecular formula is C12H15BrN2O4S. The van der Waals surface area contributed by atoms with Gasteiger partial charge in [-0.25, -0.2) is 4.79 Å². The lowest BCUT2D eigenvalue weighted by Crippen LogP contribution is -2.52. The number of carboxylic acid groups (broad SMARTS) is 1. The van der Waals surface area contributed by atoms with Gasteiger partial charge >= 0.3 is 12.0 Å². The molecule has 6 nitrogen and oxygen atoms in total. The number of rotatable bonds is 4. The van der Waals surface area contributed by atoms with Crippen LogP contribution in [0.1, 0.15) is 11.8 Å². The van der Waals surface area contributed by atoms with Crippen LogP contribution in [0.15, 0.2) is 15.9 Å². The van der Waals surface area contributed by atoms with E-state index >= 15 is 0 Å². The topological polar surface area (TPSA) is 87.7 Å². The molecule has 0 bridgehead atoms. The number of amides is 2. The van der Waals surface area contributed by atoms with Gasteiger partial charge in [-0.1, -0.05) is 0 Å². The monoisotopic (exact) mass is 362 g/mol. The maximum Gasteiger partial charge on any atom is 0.315 e. The lowest BCUT2D eigenvalue weighted by atomic mass is 9.85. The number of aliphatic carboxylic acids is 1. The first-order chi connectivity index (χ1) is 9.41. The molecule has 0 saturated carbocycles. The molecule has 0 radical (unpaired) electrons. The Labute approximate surface area is 128 Å². The largest absolute Gasteiger partial charge is 0.481 e. The summed E-state index contributed by atoms with van der Waals surface area (Å²) >= 11 is 4.87. The zero-order valence-electron chi connectivity index (χ0n) is 10.8. The molecule has 1 aromatic rings. The molecule has 2 heterocycles. The van der Waals surface area contributed by atoms with Crippen LogP contribution < -0.4 is 10.6 Å². The normalized spacial score (nSPS) is 25.4. The Morgan fingerprint density at radius 3 is 3.00 bits per heavy atom. The molecule has 1 saturated heterocycles. The van der Waals surface area contributed by atoms with E-state index in [-0.39, 0.29) is 13.2 Å². The van der Waals surface area contributed by atoms with Gasteiger partial charge in [0.25, 0.3) is 0 Å². The summed E-state index contributed by atoms with van der Waals surface area (Å²) in [7, 11) is 0. The Bertz CT molecular complexity index is 521. The van der Waals surface area contributed by atoms with E-state index in [9.17, 15) is 14.7 Å². The van der Waals surface area contributed by atoms with E-state index in [0.717, 1.165) is 9.35 Å².